The highest BCUT2D eigenvalue weighted by molar-refractivity contribution is 6.42. The van der Waals surface area contributed by atoms with E-state index in [4.69, 9.17) is 28.3 Å². The van der Waals surface area contributed by atoms with Crippen LogP contribution in [-0.2, 0) is 4.79 Å². The number of nitrogens with one attached hydrogen (secondary N) is 1. The lowest BCUT2D eigenvalue weighted by Crippen LogP contribution is -2.31. The molecule has 6 nitrogen and oxygen atoms in total. The van der Waals surface area contributed by atoms with Crippen molar-refractivity contribution in [1.29, 1.82) is 0 Å². The molecule has 0 fully saturated rings. The Morgan fingerprint density at radius 2 is 2.00 bits per heavy atom. The number of carboxylic acids is 1. The zero-order chi connectivity index (χ0) is 17.1. The number of aryl methyl sites for hydroxylation is 1. The van der Waals surface area contributed by atoms with Crippen LogP contribution < -0.4 is 5.32 Å². The molecule has 1 amide bonds. The summed E-state index contributed by atoms with van der Waals surface area (Å²) < 4.78 is 1.57. The van der Waals surface area contributed by atoms with E-state index in [0.29, 0.717) is 15.7 Å². The maximum atomic E-state index is 12.1. The second kappa shape index (κ2) is 7.02. The minimum absolute atomic E-state index is 0.0346. The van der Waals surface area contributed by atoms with Crippen molar-refractivity contribution in [2.24, 2.45) is 5.92 Å². The molecule has 2 aromatic rings. The molecule has 0 aliphatic rings. The van der Waals surface area contributed by atoms with Crippen LogP contribution in [0.2, 0.25) is 10.0 Å². The molecule has 0 radical (unpaired) electrons. The van der Waals surface area contributed by atoms with Crippen molar-refractivity contribution in [3.05, 3.63) is 45.7 Å². The zero-order valence-electron chi connectivity index (χ0n) is 12.5. The highest BCUT2D eigenvalue weighted by Gasteiger charge is 2.16. The molecule has 23 heavy (non-hydrogen) atoms. The molecule has 0 aliphatic carbocycles. The average molecular weight is 356 g/mol. The molecule has 0 spiro atoms. The summed E-state index contributed by atoms with van der Waals surface area (Å²) in [6, 6.07) is 6.65. The molecule has 1 heterocycles. The Hall–Kier alpha value is -2.05. The lowest BCUT2D eigenvalue weighted by Gasteiger charge is -2.07. The quantitative estimate of drug-likeness (QED) is 0.863. The first-order valence-electron chi connectivity index (χ1n) is 6.82. The normalized spacial score (nSPS) is 12.0. The van der Waals surface area contributed by atoms with Gasteiger partial charge in [-0.25, -0.2) is 4.68 Å². The van der Waals surface area contributed by atoms with Crippen LogP contribution >= 0.6 is 23.2 Å². The predicted octanol–water partition coefficient (Wildman–Crippen LogP) is 2.94. The van der Waals surface area contributed by atoms with Crippen molar-refractivity contribution in [3.8, 4) is 5.69 Å². The number of rotatable bonds is 5. The van der Waals surface area contributed by atoms with Crippen LogP contribution in [0.3, 0.4) is 0 Å². The fourth-order valence-corrected chi connectivity index (χ4v) is 2.18. The van der Waals surface area contributed by atoms with E-state index in [1.54, 1.807) is 35.9 Å². The minimum Gasteiger partial charge on any atom is -0.481 e. The molecular formula is C15H15Cl2N3O3. The van der Waals surface area contributed by atoms with E-state index in [-0.39, 0.29) is 12.2 Å². The van der Waals surface area contributed by atoms with Gasteiger partial charge in [-0.3, -0.25) is 9.59 Å². The summed E-state index contributed by atoms with van der Waals surface area (Å²) >= 11 is 11.9. The third-order valence-corrected chi connectivity index (χ3v) is 4.00. The number of benzene rings is 1. The molecule has 122 valence electrons. The van der Waals surface area contributed by atoms with E-state index in [1.165, 1.54) is 6.92 Å². The molecule has 2 N–H and O–H groups in total. The summed E-state index contributed by atoms with van der Waals surface area (Å²) in [5.74, 6) is -2.07. The van der Waals surface area contributed by atoms with Crippen LogP contribution in [0.15, 0.2) is 24.3 Å². The Bertz CT molecular complexity index is 758. The van der Waals surface area contributed by atoms with Gasteiger partial charge in [-0.2, -0.15) is 5.10 Å². The molecule has 8 heteroatoms. The van der Waals surface area contributed by atoms with Gasteiger partial charge in [0.1, 0.15) is 0 Å². The van der Waals surface area contributed by atoms with Crippen molar-refractivity contribution >= 4 is 35.1 Å². The largest absolute Gasteiger partial charge is 0.481 e. The summed E-state index contributed by atoms with van der Waals surface area (Å²) in [5.41, 5.74) is 1.61. The van der Waals surface area contributed by atoms with Crippen molar-refractivity contribution in [2.75, 3.05) is 6.54 Å². The Labute approximate surface area is 143 Å². The van der Waals surface area contributed by atoms with E-state index >= 15 is 0 Å². The van der Waals surface area contributed by atoms with E-state index in [0.717, 1.165) is 5.69 Å². The monoisotopic (exact) mass is 355 g/mol. The Morgan fingerprint density at radius 3 is 2.61 bits per heavy atom. The molecule has 2 rings (SSSR count). The highest BCUT2D eigenvalue weighted by Crippen LogP contribution is 2.25. The number of hydrogen-bond donors (Lipinski definition) is 2. The van der Waals surface area contributed by atoms with E-state index < -0.39 is 17.8 Å². The Kier molecular flexibility index (Phi) is 5.28. The van der Waals surface area contributed by atoms with Gasteiger partial charge in [0.15, 0.2) is 5.69 Å². The molecule has 0 saturated carbocycles. The SMILES string of the molecule is Cc1cc(C(=O)NCC(C)C(=O)O)nn1-c1ccc(Cl)c(Cl)c1. The maximum Gasteiger partial charge on any atom is 0.308 e. The van der Waals surface area contributed by atoms with Crippen LogP contribution in [0.1, 0.15) is 23.1 Å². The van der Waals surface area contributed by atoms with Gasteiger partial charge in [-0.1, -0.05) is 30.1 Å². The number of aliphatic carboxylic acids is 1. The fraction of sp³-hybridized carbons (Fsp3) is 0.267. The summed E-state index contributed by atoms with van der Waals surface area (Å²) in [6.45, 7) is 3.35. The summed E-state index contributed by atoms with van der Waals surface area (Å²) in [5, 5.41) is 16.4. The zero-order valence-corrected chi connectivity index (χ0v) is 14.0. The standard InChI is InChI=1S/C15H15Cl2N3O3/c1-8(15(22)23)7-18-14(21)13-5-9(2)20(19-13)10-3-4-11(16)12(17)6-10/h3-6,8H,7H2,1-2H3,(H,18,21)(H,22,23). The minimum atomic E-state index is -0.970. The molecule has 0 bridgehead atoms. The molecule has 1 atom stereocenters. The number of carbonyl (C=O) groups is 2. The van der Waals surface area contributed by atoms with E-state index in [1.807, 2.05) is 0 Å². The van der Waals surface area contributed by atoms with Gasteiger partial charge in [0.2, 0.25) is 0 Å². The third kappa shape index (κ3) is 4.03. The molecule has 0 saturated heterocycles. The van der Waals surface area contributed by atoms with Crippen molar-refractivity contribution < 1.29 is 14.7 Å². The van der Waals surface area contributed by atoms with Crippen molar-refractivity contribution in [1.82, 2.24) is 15.1 Å². The van der Waals surface area contributed by atoms with Gasteiger partial charge in [0, 0.05) is 12.2 Å². The molecule has 1 unspecified atom stereocenters. The summed E-state index contributed by atoms with van der Waals surface area (Å²) in [6.07, 6.45) is 0. The summed E-state index contributed by atoms with van der Waals surface area (Å²) in [4.78, 5) is 22.8. The lowest BCUT2D eigenvalue weighted by molar-refractivity contribution is -0.140. The van der Waals surface area contributed by atoms with Crippen LogP contribution in [-0.4, -0.2) is 33.3 Å². The second-order valence-corrected chi connectivity index (χ2v) is 5.94. The van der Waals surface area contributed by atoms with Gasteiger partial charge in [-0.15, -0.1) is 0 Å². The first kappa shape index (κ1) is 17.3. The van der Waals surface area contributed by atoms with E-state index in [2.05, 4.69) is 10.4 Å². The van der Waals surface area contributed by atoms with Gasteiger partial charge in [0.25, 0.3) is 5.91 Å². The number of carboxylic acid groups (broad SMARTS) is 1. The number of carbonyl (C=O) groups excluding carboxylic acids is 1. The smallest absolute Gasteiger partial charge is 0.308 e. The predicted molar refractivity (Wildman–Crippen MR) is 87.5 cm³/mol. The Morgan fingerprint density at radius 1 is 1.30 bits per heavy atom. The highest BCUT2D eigenvalue weighted by atomic mass is 35.5. The lowest BCUT2D eigenvalue weighted by atomic mass is 10.2. The van der Waals surface area contributed by atoms with Crippen LogP contribution in [0, 0.1) is 12.8 Å². The Balaban J connectivity index is 2.18. The number of nitrogens with zero attached hydrogens (tertiary/aromatic N) is 2. The summed E-state index contributed by atoms with van der Waals surface area (Å²) in [7, 11) is 0. The molecule has 1 aromatic heterocycles. The number of hydrogen-bond acceptors (Lipinski definition) is 3. The molecule has 0 aliphatic heterocycles. The van der Waals surface area contributed by atoms with Gasteiger partial charge < -0.3 is 10.4 Å². The topological polar surface area (TPSA) is 84.2 Å². The number of halogens is 2. The fourth-order valence-electron chi connectivity index (χ4n) is 1.89. The first-order valence-corrected chi connectivity index (χ1v) is 7.58. The van der Waals surface area contributed by atoms with Crippen LogP contribution in [0.25, 0.3) is 5.69 Å². The first-order chi connectivity index (χ1) is 10.8. The van der Waals surface area contributed by atoms with Crippen molar-refractivity contribution in [3.63, 3.8) is 0 Å². The van der Waals surface area contributed by atoms with E-state index in [9.17, 15) is 9.59 Å². The second-order valence-electron chi connectivity index (χ2n) is 5.13. The van der Waals surface area contributed by atoms with Crippen LogP contribution in [0.4, 0.5) is 0 Å². The van der Waals surface area contributed by atoms with Gasteiger partial charge in [0.05, 0.1) is 21.7 Å². The average Bonchev–Trinajstić information content (AvgIpc) is 2.89. The van der Waals surface area contributed by atoms with Crippen LogP contribution in [0.5, 0.6) is 0 Å². The molecular weight excluding hydrogens is 341 g/mol. The van der Waals surface area contributed by atoms with Gasteiger partial charge >= 0.3 is 5.97 Å². The molecule has 1 aromatic carbocycles. The number of amides is 1. The third-order valence-electron chi connectivity index (χ3n) is 3.26. The van der Waals surface area contributed by atoms with Gasteiger partial charge in [-0.05, 0) is 31.2 Å². The maximum absolute atomic E-state index is 12.1. The van der Waals surface area contributed by atoms with Crippen molar-refractivity contribution in [2.45, 2.75) is 13.8 Å². The number of aromatic nitrogens is 2.